The monoisotopic (exact) mass is 186 g/mol. The molecule has 0 radical (unpaired) electrons. The maximum absolute atomic E-state index is 10.8. The Balaban J connectivity index is 4.18. The zero-order valence-corrected chi connectivity index (χ0v) is 8.38. The summed E-state index contributed by atoms with van der Waals surface area (Å²) in [5, 5.41) is 0. The van der Waals surface area contributed by atoms with Crippen molar-refractivity contribution in [2.24, 2.45) is 0 Å². The molecule has 0 aromatic rings. The van der Waals surface area contributed by atoms with Crippen molar-refractivity contribution >= 4 is 20.4 Å². The van der Waals surface area contributed by atoms with Crippen LogP contribution in [-0.4, -0.2) is 32.9 Å². The van der Waals surface area contributed by atoms with Crippen molar-refractivity contribution in [3.63, 3.8) is 0 Å². The Bertz CT molecular complexity index is 187. The Morgan fingerprint density at radius 2 is 1.60 bits per heavy atom. The Labute approximate surface area is 64.4 Å². The SMILES string of the molecule is CCS(=O)(=O)OS(C)(C)C. The van der Waals surface area contributed by atoms with Crippen LogP contribution in [0.3, 0.4) is 0 Å². The van der Waals surface area contributed by atoms with E-state index in [0.717, 1.165) is 0 Å². The first kappa shape index (κ1) is 10.3. The summed E-state index contributed by atoms with van der Waals surface area (Å²) in [5.74, 6) is 0.0528. The summed E-state index contributed by atoms with van der Waals surface area (Å²) in [6, 6.07) is 0. The van der Waals surface area contributed by atoms with Gasteiger partial charge in [0, 0.05) is 0 Å². The summed E-state index contributed by atoms with van der Waals surface area (Å²) in [5.41, 5.74) is 0. The maximum Gasteiger partial charge on any atom is 0.276 e. The minimum atomic E-state index is -3.24. The summed E-state index contributed by atoms with van der Waals surface area (Å²) in [7, 11) is -4.62. The van der Waals surface area contributed by atoms with Gasteiger partial charge in [-0.15, -0.1) is 10.3 Å². The van der Waals surface area contributed by atoms with E-state index in [1.54, 1.807) is 25.7 Å². The first-order chi connectivity index (χ1) is 4.27. The van der Waals surface area contributed by atoms with Crippen LogP contribution in [0.4, 0.5) is 0 Å². The van der Waals surface area contributed by atoms with Crippen molar-refractivity contribution in [3.05, 3.63) is 0 Å². The molecule has 5 heteroatoms. The van der Waals surface area contributed by atoms with E-state index in [0.29, 0.717) is 0 Å². The Morgan fingerprint density at radius 1 is 1.20 bits per heavy atom. The van der Waals surface area contributed by atoms with E-state index in [9.17, 15) is 8.42 Å². The van der Waals surface area contributed by atoms with Crippen LogP contribution in [0, 0.1) is 0 Å². The van der Waals surface area contributed by atoms with Gasteiger partial charge in [0.2, 0.25) is 0 Å². The summed E-state index contributed by atoms with van der Waals surface area (Å²) < 4.78 is 26.5. The lowest BCUT2D eigenvalue weighted by atomic mass is 11.0. The molecule has 3 nitrogen and oxygen atoms in total. The Kier molecular flexibility index (Phi) is 3.19. The molecule has 0 aliphatic carbocycles. The van der Waals surface area contributed by atoms with Gasteiger partial charge in [0.05, 0.1) is 5.75 Å². The average Bonchev–Trinajstić information content (AvgIpc) is 1.60. The third kappa shape index (κ3) is 5.08. The topological polar surface area (TPSA) is 43.4 Å². The summed E-state index contributed by atoms with van der Waals surface area (Å²) in [4.78, 5) is 0. The summed E-state index contributed by atoms with van der Waals surface area (Å²) in [6.45, 7) is 1.57. The normalized spacial score (nSPS) is 15.2. The van der Waals surface area contributed by atoms with E-state index < -0.39 is 20.4 Å². The number of hydrogen-bond acceptors (Lipinski definition) is 3. The standard InChI is InChI=1S/C5H14O3S2/c1-5-10(6,7)8-9(2,3)4/h5H2,1-4H3. The smallest absolute Gasteiger partial charge is 0.221 e. The maximum atomic E-state index is 10.8. The molecule has 0 aromatic carbocycles. The van der Waals surface area contributed by atoms with Crippen molar-refractivity contribution < 1.29 is 12.0 Å². The van der Waals surface area contributed by atoms with Crippen LogP contribution >= 0.6 is 10.3 Å². The predicted octanol–water partition coefficient (Wildman–Crippen LogP) is 0.962. The third-order valence-electron chi connectivity index (χ3n) is 0.661. The van der Waals surface area contributed by atoms with E-state index in [4.69, 9.17) is 3.63 Å². The molecular weight excluding hydrogens is 172 g/mol. The van der Waals surface area contributed by atoms with Gasteiger partial charge in [0.25, 0.3) is 10.1 Å². The Hall–Kier alpha value is 0.260. The van der Waals surface area contributed by atoms with Crippen molar-refractivity contribution in [1.29, 1.82) is 0 Å². The summed E-state index contributed by atoms with van der Waals surface area (Å²) in [6.07, 6.45) is 5.38. The molecule has 0 bridgehead atoms. The second-order valence-electron chi connectivity index (χ2n) is 2.64. The highest BCUT2D eigenvalue weighted by molar-refractivity contribution is 8.31. The van der Waals surface area contributed by atoms with E-state index in [-0.39, 0.29) is 5.75 Å². The zero-order valence-electron chi connectivity index (χ0n) is 6.75. The van der Waals surface area contributed by atoms with Gasteiger partial charge in [0.1, 0.15) is 0 Å². The molecule has 0 heterocycles. The zero-order chi connectivity index (χ0) is 8.41. The van der Waals surface area contributed by atoms with E-state index in [2.05, 4.69) is 0 Å². The second-order valence-corrected chi connectivity index (χ2v) is 8.33. The van der Waals surface area contributed by atoms with Gasteiger partial charge in [0.15, 0.2) is 0 Å². The molecule has 0 rings (SSSR count). The van der Waals surface area contributed by atoms with Gasteiger partial charge < -0.3 is 0 Å². The molecule has 0 spiro atoms. The molecule has 0 atom stereocenters. The van der Waals surface area contributed by atoms with Crippen LogP contribution in [0.2, 0.25) is 0 Å². The number of rotatable bonds is 3. The molecule has 0 fully saturated rings. The van der Waals surface area contributed by atoms with E-state index in [1.165, 1.54) is 0 Å². The minimum Gasteiger partial charge on any atom is -0.221 e. The predicted molar refractivity (Wildman–Crippen MR) is 45.9 cm³/mol. The molecule has 10 heavy (non-hydrogen) atoms. The van der Waals surface area contributed by atoms with Crippen LogP contribution in [0.15, 0.2) is 0 Å². The van der Waals surface area contributed by atoms with Gasteiger partial charge >= 0.3 is 0 Å². The molecule has 0 amide bonds. The molecule has 0 saturated carbocycles. The Morgan fingerprint density at radius 3 is 1.70 bits per heavy atom. The quantitative estimate of drug-likeness (QED) is 0.659. The van der Waals surface area contributed by atoms with Crippen LogP contribution in [0.1, 0.15) is 6.92 Å². The van der Waals surface area contributed by atoms with Crippen molar-refractivity contribution in [1.82, 2.24) is 0 Å². The minimum absolute atomic E-state index is 0.0528. The van der Waals surface area contributed by atoms with Crippen molar-refractivity contribution in [2.75, 3.05) is 24.5 Å². The van der Waals surface area contributed by atoms with Crippen LogP contribution < -0.4 is 0 Å². The highest BCUT2D eigenvalue weighted by atomic mass is 32.3. The highest BCUT2D eigenvalue weighted by Gasteiger charge is 2.15. The van der Waals surface area contributed by atoms with Crippen LogP contribution in [0.5, 0.6) is 0 Å². The molecule has 0 unspecified atom stereocenters. The van der Waals surface area contributed by atoms with Gasteiger partial charge in [-0.2, -0.15) is 8.42 Å². The molecular formula is C5H14O3S2. The molecule has 0 saturated heterocycles. The average molecular weight is 186 g/mol. The van der Waals surface area contributed by atoms with Crippen LogP contribution in [0.25, 0.3) is 0 Å². The molecule has 64 valence electrons. The molecule has 0 aromatic heterocycles. The van der Waals surface area contributed by atoms with Crippen LogP contribution in [-0.2, 0) is 13.7 Å². The summed E-state index contributed by atoms with van der Waals surface area (Å²) >= 11 is 0. The fourth-order valence-electron chi connectivity index (χ4n) is 0.359. The van der Waals surface area contributed by atoms with Gasteiger partial charge in [-0.05, 0) is 25.7 Å². The van der Waals surface area contributed by atoms with E-state index >= 15 is 0 Å². The lowest BCUT2D eigenvalue weighted by molar-refractivity contribution is 0.514. The van der Waals surface area contributed by atoms with Gasteiger partial charge in [-0.3, -0.25) is 0 Å². The van der Waals surface area contributed by atoms with E-state index in [1.807, 2.05) is 0 Å². The fourth-order valence-corrected chi connectivity index (χ4v) is 3.23. The lowest BCUT2D eigenvalue weighted by Gasteiger charge is -2.23. The first-order valence-corrected chi connectivity index (χ1v) is 7.25. The number of hydrogen-bond donors (Lipinski definition) is 0. The third-order valence-corrected chi connectivity index (χ3v) is 3.83. The lowest BCUT2D eigenvalue weighted by Crippen LogP contribution is -2.10. The highest BCUT2D eigenvalue weighted by Crippen LogP contribution is 2.38. The molecule has 0 aliphatic rings. The van der Waals surface area contributed by atoms with Gasteiger partial charge in [-0.25, -0.2) is 3.63 Å². The fraction of sp³-hybridized carbons (Fsp3) is 1.00. The van der Waals surface area contributed by atoms with Gasteiger partial charge in [-0.1, -0.05) is 0 Å². The molecule has 0 N–H and O–H groups in total. The first-order valence-electron chi connectivity index (χ1n) is 2.89. The van der Waals surface area contributed by atoms with Crippen molar-refractivity contribution in [3.8, 4) is 0 Å². The largest absolute Gasteiger partial charge is 0.276 e. The molecule has 0 aliphatic heterocycles. The second kappa shape index (κ2) is 3.11. The van der Waals surface area contributed by atoms with Crippen molar-refractivity contribution in [2.45, 2.75) is 6.92 Å².